The van der Waals surface area contributed by atoms with Gasteiger partial charge < -0.3 is 15.5 Å². The molecule has 27 heavy (non-hydrogen) atoms. The molecule has 0 aromatic carbocycles. The van der Waals surface area contributed by atoms with Crippen molar-refractivity contribution in [3.05, 3.63) is 11.8 Å². The number of likely N-dealkylation sites (tertiary alicyclic amines) is 1. The van der Waals surface area contributed by atoms with Crippen LogP contribution in [0.3, 0.4) is 0 Å². The molecule has 9 heteroatoms. The van der Waals surface area contributed by atoms with Crippen LogP contribution in [0.15, 0.2) is 6.07 Å². The summed E-state index contributed by atoms with van der Waals surface area (Å²) >= 11 is 0. The summed E-state index contributed by atoms with van der Waals surface area (Å²) in [6.45, 7) is 7.11. The fraction of sp³-hybridized carbons (Fsp3) is 0.667. The highest BCUT2D eigenvalue weighted by atomic mass is 16.2. The Morgan fingerprint density at radius 1 is 1.26 bits per heavy atom. The van der Waals surface area contributed by atoms with Gasteiger partial charge in [0.25, 0.3) is 0 Å². The number of aromatic nitrogens is 2. The number of aryl methyl sites for hydroxylation is 1. The quantitative estimate of drug-likeness (QED) is 0.674. The van der Waals surface area contributed by atoms with Gasteiger partial charge in [-0.2, -0.15) is 5.10 Å². The summed E-state index contributed by atoms with van der Waals surface area (Å²) in [7, 11) is 0. The van der Waals surface area contributed by atoms with Crippen LogP contribution in [-0.4, -0.2) is 51.5 Å². The monoisotopic (exact) mass is 376 g/mol. The average Bonchev–Trinajstić information content (AvgIpc) is 3.01. The van der Waals surface area contributed by atoms with Crippen LogP contribution in [0.25, 0.3) is 0 Å². The normalized spacial score (nSPS) is 23.3. The standard InChI is InChI=1S/C18H28N6O3/c1-11(2)13-10-15(25)21-18(19-13)24-14(9-12(3)22-24)20-16(26)17(27)23-7-5-4-6-8-23/h9,11,13,18-19H,4-8,10H2,1-3H3,(H,20,26)(H,21,25). The van der Waals surface area contributed by atoms with Gasteiger partial charge in [-0.15, -0.1) is 0 Å². The molecule has 2 fully saturated rings. The molecule has 3 N–H and O–H groups in total. The maximum absolute atomic E-state index is 12.4. The van der Waals surface area contributed by atoms with Gasteiger partial charge in [0.2, 0.25) is 5.91 Å². The number of amides is 3. The van der Waals surface area contributed by atoms with Crippen molar-refractivity contribution in [3.63, 3.8) is 0 Å². The number of nitrogens with zero attached hydrogens (tertiary/aromatic N) is 3. The molecule has 9 nitrogen and oxygen atoms in total. The van der Waals surface area contributed by atoms with Gasteiger partial charge in [0.15, 0.2) is 6.29 Å². The molecule has 0 saturated carbocycles. The average molecular weight is 376 g/mol. The number of hydrogen-bond donors (Lipinski definition) is 3. The molecule has 3 rings (SSSR count). The SMILES string of the molecule is Cc1cc(NC(=O)C(=O)N2CCCCC2)n(C2NC(=O)CC(C(C)C)N2)n1. The number of carbonyl (C=O) groups is 3. The summed E-state index contributed by atoms with van der Waals surface area (Å²) in [5, 5.41) is 13.2. The second-order valence-electron chi connectivity index (χ2n) is 7.61. The number of anilines is 1. The highest BCUT2D eigenvalue weighted by molar-refractivity contribution is 6.39. The first-order chi connectivity index (χ1) is 12.8. The summed E-state index contributed by atoms with van der Waals surface area (Å²) in [6, 6.07) is 1.69. The molecule has 1 aromatic heterocycles. The van der Waals surface area contributed by atoms with Gasteiger partial charge in [0, 0.05) is 31.6 Å². The molecule has 2 saturated heterocycles. The van der Waals surface area contributed by atoms with Gasteiger partial charge in [-0.25, -0.2) is 4.68 Å². The summed E-state index contributed by atoms with van der Waals surface area (Å²) in [5.74, 6) is -0.632. The van der Waals surface area contributed by atoms with Crippen molar-refractivity contribution in [2.24, 2.45) is 5.92 Å². The molecule has 1 aromatic rings. The molecule has 0 aliphatic carbocycles. The van der Waals surface area contributed by atoms with Crippen LogP contribution in [0.1, 0.15) is 51.5 Å². The topological polar surface area (TPSA) is 108 Å². The van der Waals surface area contributed by atoms with Crippen LogP contribution < -0.4 is 16.0 Å². The van der Waals surface area contributed by atoms with E-state index in [0.717, 1.165) is 19.3 Å². The maximum Gasteiger partial charge on any atom is 0.315 e. The number of carbonyl (C=O) groups excluding carboxylic acids is 3. The largest absolute Gasteiger partial charge is 0.334 e. The van der Waals surface area contributed by atoms with E-state index >= 15 is 0 Å². The Labute approximate surface area is 158 Å². The van der Waals surface area contributed by atoms with Crippen LogP contribution in [0, 0.1) is 12.8 Å². The fourth-order valence-electron chi connectivity index (χ4n) is 3.49. The lowest BCUT2D eigenvalue weighted by molar-refractivity contribution is -0.143. The van der Waals surface area contributed by atoms with Crippen LogP contribution in [0.5, 0.6) is 0 Å². The lowest BCUT2D eigenvalue weighted by Gasteiger charge is -2.34. The number of piperidine rings is 1. The molecule has 3 amide bonds. The van der Waals surface area contributed by atoms with E-state index in [2.05, 4.69) is 21.0 Å². The lowest BCUT2D eigenvalue weighted by atomic mass is 9.99. The molecule has 0 spiro atoms. The second-order valence-corrected chi connectivity index (χ2v) is 7.61. The predicted molar refractivity (Wildman–Crippen MR) is 99.6 cm³/mol. The Kier molecular flexibility index (Phi) is 5.79. The number of rotatable bonds is 3. The van der Waals surface area contributed by atoms with Crippen molar-refractivity contribution in [2.45, 2.75) is 58.8 Å². The molecule has 0 radical (unpaired) electrons. The predicted octanol–water partition coefficient (Wildman–Crippen LogP) is 0.733. The molecule has 148 valence electrons. The zero-order chi connectivity index (χ0) is 19.6. The highest BCUT2D eigenvalue weighted by Gasteiger charge is 2.31. The Bertz CT molecular complexity index is 723. The molecule has 2 atom stereocenters. The van der Waals surface area contributed by atoms with Gasteiger partial charge >= 0.3 is 11.8 Å². The van der Waals surface area contributed by atoms with Crippen molar-refractivity contribution >= 4 is 23.5 Å². The Morgan fingerprint density at radius 3 is 2.63 bits per heavy atom. The van der Waals surface area contributed by atoms with E-state index in [0.29, 0.717) is 31.0 Å². The van der Waals surface area contributed by atoms with E-state index in [4.69, 9.17) is 0 Å². The summed E-state index contributed by atoms with van der Waals surface area (Å²) in [5.41, 5.74) is 0.679. The van der Waals surface area contributed by atoms with Crippen molar-refractivity contribution < 1.29 is 14.4 Å². The first-order valence-electron chi connectivity index (χ1n) is 9.57. The third kappa shape index (κ3) is 4.47. The minimum Gasteiger partial charge on any atom is -0.334 e. The van der Waals surface area contributed by atoms with Crippen molar-refractivity contribution in [2.75, 3.05) is 18.4 Å². The third-order valence-corrected chi connectivity index (χ3v) is 5.06. The van der Waals surface area contributed by atoms with E-state index in [1.165, 1.54) is 4.68 Å². The zero-order valence-corrected chi connectivity index (χ0v) is 16.1. The lowest BCUT2D eigenvalue weighted by Crippen LogP contribution is -2.55. The zero-order valence-electron chi connectivity index (χ0n) is 16.1. The van der Waals surface area contributed by atoms with Crippen LogP contribution >= 0.6 is 0 Å². The maximum atomic E-state index is 12.4. The first-order valence-corrected chi connectivity index (χ1v) is 9.57. The number of hydrogen-bond acceptors (Lipinski definition) is 5. The van der Waals surface area contributed by atoms with Crippen LogP contribution in [0.4, 0.5) is 5.82 Å². The van der Waals surface area contributed by atoms with E-state index in [9.17, 15) is 14.4 Å². The van der Waals surface area contributed by atoms with E-state index in [-0.39, 0.29) is 17.9 Å². The Morgan fingerprint density at radius 2 is 1.96 bits per heavy atom. The Hall–Kier alpha value is -2.42. The van der Waals surface area contributed by atoms with Crippen molar-refractivity contribution in [1.29, 1.82) is 0 Å². The smallest absolute Gasteiger partial charge is 0.315 e. The van der Waals surface area contributed by atoms with Gasteiger partial charge in [-0.05, 0) is 32.1 Å². The second kappa shape index (κ2) is 8.08. The van der Waals surface area contributed by atoms with Crippen molar-refractivity contribution in [1.82, 2.24) is 25.3 Å². The fourth-order valence-corrected chi connectivity index (χ4v) is 3.49. The van der Waals surface area contributed by atoms with E-state index < -0.39 is 18.1 Å². The molecule has 0 bridgehead atoms. The molecular formula is C18H28N6O3. The van der Waals surface area contributed by atoms with E-state index in [1.807, 2.05) is 13.8 Å². The highest BCUT2D eigenvalue weighted by Crippen LogP contribution is 2.20. The number of nitrogens with one attached hydrogen (secondary N) is 3. The third-order valence-electron chi connectivity index (χ3n) is 5.06. The molecule has 2 aliphatic heterocycles. The van der Waals surface area contributed by atoms with Gasteiger partial charge in [-0.3, -0.25) is 19.7 Å². The molecule has 2 aliphatic rings. The first kappa shape index (κ1) is 19.3. The molecule has 2 unspecified atom stereocenters. The van der Waals surface area contributed by atoms with Gasteiger partial charge in [-0.1, -0.05) is 13.8 Å². The van der Waals surface area contributed by atoms with Crippen molar-refractivity contribution in [3.8, 4) is 0 Å². The summed E-state index contributed by atoms with van der Waals surface area (Å²) in [6.07, 6.45) is 2.74. The Balaban J connectivity index is 1.74. The van der Waals surface area contributed by atoms with Crippen LogP contribution in [-0.2, 0) is 14.4 Å². The summed E-state index contributed by atoms with van der Waals surface area (Å²) < 4.78 is 1.52. The summed E-state index contributed by atoms with van der Waals surface area (Å²) in [4.78, 5) is 38.5. The molecular weight excluding hydrogens is 348 g/mol. The minimum atomic E-state index is -0.680. The van der Waals surface area contributed by atoms with Crippen LogP contribution in [0.2, 0.25) is 0 Å². The minimum absolute atomic E-state index is 0.00629. The molecule has 3 heterocycles. The van der Waals surface area contributed by atoms with Gasteiger partial charge in [0.1, 0.15) is 5.82 Å². The van der Waals surface area contributed by atoms with Gasteiger partial charge in [0.05, 0.1) is 5.69 Å². The van der Waals surface area contributed by atoms with E-state index in [1.54, 1.807) is 17.9 Å².